The van der Waals surface area contributed by atoms with Crippen molar-refractivity contribution >= 4 is 11.6 Å². The molecule has 5 rings (SSSR count). The second-order valence-electron chi connectivity index (χ2n) is 7.04. The summed E-state index contributed by atoms with van der Waals surface area (Å²) in [6.07, 6.45) is 1.37. The van der Waals surface area contributed by atoms with Crippen molar-refractivity contribution in [3.63, 3.8) is 0 Å². The summed E-state index contributed by atoms with van der Waals surface area (Å²) in [6.45, 7) is 3.51. The van der Waals surface area contributed by atoms with E-state index in [4.69, 9.17) is 25.8 Å². The van der Waals surface area contributed by atoms with Crippen LogP contribution in [0.1, 0.15) is 17.9 Å². The maximum atomic E-state index is 6.39. The van der Waals surface area contributed by atoms with Gasteiger partial charge in [0.1, 0.15) is 11.9 Å². The van der Waals surface area contributed by atoms with Gasteiger partial charge in [0.05, 0.1) is 0 Å². The van der Waals surface area contributed by atoms with E-state index in [-0.39, 0.29) is 12.9 Å². The Bertz CT molecular complexity index is 779. The third-order valence-corrected chi connectivity index (χ3v) is 5.84. The average Bonchev–Trinajstić information content (AvgIpc) is 3.21. The molecule has 3 aliphatic rings. The normalized spacial score (nSPS) is 29.6. The second kappa shape index (κ2) is 6.11. The van der Waals surface area contributed by atoms with E-state index in [1.165, 1.54) is 12.0 Å². The maximum Gasteiger partial charge on any atom is 0.231 e. The predicted molar refractivity (Wildman–Crippen MR) is 95.7 cm³/mol. The van der Waals surface area contributed by atoms with Gasteiger partial charge in [0.15, 0.2) is 11.5 Å². The molecule has 2 aromatic rings. The van der Waals surface area contributed by atoms with Gasteiger partial charge in [0.25, 0.3) is 0 Å². The summed E-state index contributed by atoms with van der Waals surface area (Å²) in [5, 5.41) is 0.792. The van der Waals surface area contributed by atoms with Crippen LogP contribution in [0.2, 0.25) is 5.02 Å². The van der Waals surface area contributed by atoms with Crippen molar-refractivity contribution in [3.05, 3.63) is 53.1 Å². The molecule has 2 bridgehead atoms. The molecule has 4 atom stereocenters. The molecule has 0 aliphatic carbocycles. The number of hydrogen-bond acceptors (Lipinski definition) is 4. The van der Waals surface area contributed by atoms with E-state index in [9.17, 15) is 0 Å². The molecule has 4 nitrogen and oxygen atoms in total. The number of ether oxygens (including phenoxy) is 3. The van der Waals surface area contributed by atoms with Crippen LogP contribution in [-0.4, -0.2) is 37.4 Å². The Labute approximate surface area is 152 Å². The van der Waals surface area contributed by atoms with Crippen molar-refractivity contribution in [2.24, 2.45) is 5.92 Å². The first-order valence-electron chi connectivity index (χ1n) is 8.80. The average molecular weight is 358 g/mol. The number of halogens is 1. The summed E-state index contributed by atoms with van der Waals surface area (Å²) in [5.74, 6) is 3.45. The van der Waals surface area contributed by atoms with Gasteiger partial charge in [0, 0.05) is 30.1 Å². The number of rotatable bonds is 3. The third kappa shape index (κ3) is 2.83. The van der Waals surface area contributed by atoms with Gasteiger partial charge in [-0.15, -0.1) is 0 Å². The van der Waals surface area contributed by atoms with Gasteiger partial charge in [-0.3, -0.25) is 4.90 Å². The minimum absolute atomic E-state index is 0.198. The van der Waals surface area contributed by atoms with Crippen LogP contribution in [0.15, 0.2) is 42.5 Å². The largest absolute Gasteiger partial charge is 0.489 e. The fourth-order valence-corrected chi connectivity index (χ4v) is 4.48. The minimum Gasteiger partial charge on any atom is -0.489 e. The van der Waals surface area contributed by atoms with E-state index >= 15 is 0 Å². The molecule has 3 heterocycles. The van der Waals surface area contributed by atoms with Crippen molar-refractivity contribution in [2.45, 2.75) is 18.4 Å². The van der Waals surface area contributed by atoms with Crippen molar-refractivity contribution in [1.29, 1.82) is 0 Å². The van der Waals surface area contributed by atoms with E-state index in [1.54, 1.807) is 0 Å². The molecule has 0 aromatic heterocycles. The van der Waals surface area contributed by atoms with Crippen LogP contribution in [0.4, 0.5) is 0 Å². The number of fused-ring (bicyclic) bond motifs is 3. The Balaban J connectivity index is 1.37. The molecule has 2 fully saturated rings. The Morgan fingerprint density at radius 2 is 1.84 bits per heavy atom. The molecular formula is C20H20ClNO3. The lowest BCUT2D eigenvalue weighted by Crippen LogP contribution is -2.33. The highest BCUT2D eigenvalue weighted by Crippen LogP contribution is 2.42. The summed E-state index contributed by atoms with van der Waals surface area (Å²) < 4.78 is 17.2. The smallest absolute Gasteiger partial charge is 0.231 e. The summed E-state index contributed by atoms with van der Waals surface area (Å²) >= 11 is 6.06. The van der Waals surface area contributed by atoms with Crippen LogP contribution in [0.25, 0.3) is 0 Å². The number of piperidine rings is 1. The lowest BCUT2D eigenvalue weighted by atomic mass is 9.80. The molecule has 130 valence electrons. The number of benzene rings is 2. The van der Waals surface area contributed by atoms with Crippen LogP contribution >= 0.6 is 11.6 Å². The first-order valence-corrected chi connectivity index (χ1v) is 9.18. The molecular weight excluding hydrogens is 338 g/mol. The molecule has 0 N–H and O–H groups in total. The van der Waals surface area contributed by atoms with E-state index in [2.05, 4.69) is 17.0 Å². The standard InChI is InChI=1S/C20H20ClNO3/c21-14-3-1-13(2-4-14)16-7-8-22-10-17(16)20(11-22)25-15-5-6-18-19(9-15)24-12-23-18/h1-6,9,16-17,20H,7-8,10-12H2/t16-,17?,20+/m1/s1. The highest BCUT2D eigenvalue weighted by Gasteiger charge is 2.43. The van der Waals surface area contributed by atoms with Gasteiger partial charge in [-0.2, -0.15) is 0 Å². The summed E-state index contributed by atoms with van der Waals surface area (Å²) in [7, 11) is 0. The molecule has 2 saturated heterocycles. The van der Waals surface area contributed by atoms with E-state index in [1.807, 2.05) is 30.3 Å². The summed E-state index contributed by atoms with van der Waals surface area (Å²) in [5.41, 5.74) is 1.37. The molecule has 0 spiro atoms. The quantitative estimate of drug-likeness (QED) is 0.832. The van der Waals surface area contributed by atoms with Gasteiger partial charge in [-0.05, 0) is 48.7 Å². The minimum atomic E-state index is 0.198. The lowest BCUT2D eigenvalue weighted by molar-refractivity contribution is 0.156. The van der Waals surface area contributed by atoms with Crippen LogP contribution < -0.4 is 14.2 Å². The third-order valence-electron chi connectivity index (χ3n) is 5.59. The predicted octanol–water partition coefficient (Wildman–Crippen LogP) is 3.94. The van der Waals surface area contributed by atoms with Crippen molar-refractivity contribution < 1.29 is 14.2 Å². The van der Waals surface area contributed by atoms with E-state index < -0.39 is 0 Å². The molecule has 25 heavy (non-hydrogen) atoms. The molecule has 5 heteroatoms. The zero-order chi connectivity index (χ0) is 16.8. The SMILES string of the molecule is Clc1ccc([C@H]2CCN3CC2[C@@H](Oc2ccc4c(c2)OCO4)C3)cc1. The molecule has 0 amide bonds. The van der Waals surface area contributed by atoms with Crippen molar-refractivity contribution in [2.75, 3.05) is 26.4 Å². The first kappa shape index (κ1) is 15.4. The topological polar surface area (TPSA) is 30.9 Å². The van der Waals surface area contributed by atoms with E-state index in [0.717, 1.165) is 41.9 Å². The first-order chi connectivity index (χ1) is 12.3. The monoisotopic (exact) mass is 357 g/mol. The highest BCUT2D eigenvalue weighted by molar-refractivity contribution is 6.30. The Morgan fingerprint density at radius 3 is 2.72 bits per heavy atom. The van der Waals surface area contributed by atoms with Crippen LogP contribution in [-0.2, 0) is 0 Å². The Hall–Kier alpha value is -1.91. The van der Waals surface area contributed by atoms with Gasteiger partial charge in [-0.1, -0.05) is 23.7 Å². The summed E-state index contributed by atoms with van der Waals surface area (Å²) in [6, 6.07) is 14.2. The summed E-state index contributed by atoms with van der Waals surface area (Å²) in [4.78, 5) is 2.51. The zero-order valence-corrected chi connectivity index (χ0v) is 14.6. The number of nitrogens with zero attached hydrogens (tertiary/aromatic N) is 1. The Kier molecular flexibility index (Phi) is 3.75. The highest BCUT2D eigenvalue weighted by atomic mass is 35.5. The van der Waals surface area contributed by atoms with Crippen LogP contribution in [0.5, 0.6) is 17.2 Å². The molecule has 0 saturated carbocycles. The molecule has 2 unspecified atom stereocenters. The molecule has 3 aliphatic heterocycles. The lowest BCUT2D eigenvalue weighted by Gasteiger charge is -2.32. The maximum absolute atomic E-state index is 6.39. The van der Waals surface area contributed by atoms with Crippen LogP contribution in [0, 0.1) is 5.92 Å². The number of hydrogen-bond donors (Lipinski definition) is 0. The van der Waals surface area contributed by atoms with Gasteiger partial charge in [-0.25, -0.2) is 0 Å². The fraction of sp³-hybridized carbons (Fsp3) is 0.400. The van der Waals surface area contributed by atoms with Crippen molar-refractivity contribution in [1.82, 2.24) is 4.90 Å². The van der Waals surface area contributed by atoms with Gasteiger partial charge in [0.2, 0.25) is 6.79 Å². The second-order valence-corrected chi connectivity index (χ2v) is 7.48. The van der Waals surface area contributed by atoms with E-state index in [0.29, 0.717) is 11.8 Å². The zero-order valence-electron chi connectivity index (χ0n) is 13.9. The van der Waals surface area contributed by atoms with Gasteiger partial charge < -0.3 is 14.2 Å². The van der Waals surface area contributed by atoms with Crippen LogP contribution in [0.3, 0.4) is 0 Å². The Morgan fingerprint density at radius 1 is 1.00 bits per heavy atom. The van der Waals surface area contributed by atoms with Gasteiger partial charge >= 0.3 is 0 Å². The van der Waals surface area contributed by atoms with Crippen molar-refractivity contribution in [3.8, 4) is 17.2 Å². The molecule has 0 radical (unpaired) electrons. The molecule has 2 aromatic carbocycles. The fourth-order valence-electron chi connectivity index (χ4n) is 4.36.